The molecule has 5 rings (SSSR count). The first-order chi connectivity index (χ1) is 9.94. The summed E-state index contributed by atoms with van der Waals surface area (Å²) in [6, 6.07) is 0. The Morgan fingerprint density at radius 2 is 1.81 bits per heavy atom. The van der Waals surface area contributed by atoms with Crippen molar-refractivity contribution in [2.75, 3.05) is 13.6 Å². The molecule has 0 aliphatic heterocycles. The lowest BCUT2D eigenvalue weighted by atomic mass is 9.40. The quantitative estimate of drug-likeness (QED) is 0.924. The van der Waals surface area contributed by atoms with E-state index in [9.17, 15) is 0 Å². The highest BCUT2D eigenvalue weighted by molar-refractivity contribution is 7.11. The van der Waals surface area contributed by atoms with Crippen molar-refractivity contribution >= 4 is 11.3 Å². The minimum absolute atomic E-state index is 0.360. The van der Waals surface area contributed by atoms with Crippen molar-refractivity contribution in [3.8, 4) is 0 Å². The highest BCUT2D eigenvalue weighted by atomic mass is 32.1. The van der Waals surface area contributed by atoms with Gasteiger partial charge >= 0.3 is 0 Å². The fourth-order valence-corrected chi connectivity index (χ4v) is 7.52. The second-order valence-corrected chi connectivity index (χ2v) is 9.83. The molecular weight excluding hydrogens is 278 g/mol. The summed E-state index contributed by atoms with van der Waals surface area (Å²) in [6.07, 6.45) is 9.44. The molecule has 4 saturated carbocycles. The summed E-state index contributed by atoms with van der Waals surface area (Å²) in [4.78, 5) is 0. The van der Waals surface area contributed by atoms with E-state index in [1.54, 1.807) is 0 Å². The van der Waals surface area contributed by atoms with Crippen LogP contribution in [0.25, 0.3) is 0 Å². The SMILES string of the molecule is CNCCc1nnc(C23CC4CC(C)(CC(C)(C4)C2)C3)s1. The smallest absolute Gasteiger partial charge is 0.123 e. The van der Waals surface area contributed by atoms with Crippen LogP contribution in [0.4, 0.5) is 0 Å². The zero-order valence-corrected chi connectivity index (χ0v) is 14.4. The summed E-state index contributed by atoms with van der Waals surface area (Å²) in [5, 5.41) is 14.9. The third-order valence-corrected chi connectivity index (χ3v) is 7.37. The number of rotatable bonds is 4. The van der Waals surface area contributed by atoms with E-state index in [4.69, 9.17) is 0 Å². The average molecular weight is 305 g/mol. The van der Waals surface area contributed by atoms with Gasteiger partial charge in [0.05, 0.1) is 0 Å². The highest BCUT2D eigenvalue weighted by Gasteiger charge is 2.61. The molecule has 116 valence electrons. The molecular formula is C17H27N3S. The van der Waals surface area contributed by atoms with E-state index in [1.165, 1.54) is 48.5 Å². The molecule has 4 fully saturated rings. The standard InChI is InChI=1S/C17H27N3S/c1-15-6-12-7-16(2,9-15)11-17(8-12,10-15)14-20-19-13(21-14)4-5-18-3/h12,18H,4-11H2,1-3H3. The summed E-state index contributed by atoms with van der Waals surface area (Å²) in [7, 11) is 2.00. The molecule has 21 heavy (non-hydrogen) atoms. The van der Waals surface area contributed by atoms with E-state index < -0.39 is 0 Å². The molecule has 1 aromatic rings. The molecule has 0 saturated heterocycles. The number of hydrogen-bond donors (Lipinski definition) is 1. The van der Waals surface area contributed by atoms with E-state index in [-0.39, 0.29) is 0 Å². The van der Waals surface area contributed by atoms with Crippen molar-refractivity contribution in [1.29, 1.82) is 0 Å². The third-order valence-electron chi connectivity index (χ3n) is 6.14. The maximum atomic E-state index is 4.66. The minimum Gasteiger partial charge on any atom is -0.319 e. The Morgan fingerprint density at radius 3 is 2.43 bits per heavy atom. The minimum atomic E-state index is 0.360. The fourth-order valence-electron chi connectivity index (χ4n) is 6.49. The van der Waals surface area contributed by atoms with Gasteiger partial charge in [0.15, 0.2) is 0 Å². The number of hydrogen-bond acceptors (Lipinski definition) is 4. The second kappa shape index (κ2) is 4.51. The van der Waals surface area contributed by atoms with Crippen molar-refractivity contribution in [1.82, 2.24) is 15.5 Å². The Bertz CT molecular complexity index is 534. The van der Waals surface area contributed by atoms with Crippen molar-refractivity contribution in [3.05, 3.63) is 10.0 Å². The second-order valence-electron chi connectivity index (χ2n) is 8.76. The molecule has 4 bridgehead atoms. The number of aromatic nitrogens is 2. The van der Waals surface area contributed by atoms with E-state index in [1.807, 2.05) is 18.4 Å². The first-order valence-corrected chi connectivity index (χ1v) is 9.24. The summed E-state index contributed by atoms with van der Waals surface area (Å²) >= 11 is 1.90. The Morgan fingerprint density at radius 1 is 1.10 bits per heavy atom. The molecule has 2 unspecified atom stereocenters. The Labute approximate surface area is 131 Å². The lowest BCUT2D eigenvalue weighted by molar-refractivity contribution is -0.110. The van der Waals surface area contributed by atoms with Gasteiger partial charge in [0.2, 0.25) is 0 Å². The van der Waals surface area contributed by atoms with E-state index in [2.05, 4.69) is 29.4 Å². The van der Waals surface area contributed by atoms with Crippen molar-refractivity contribution in [2.45, 2.75) is 64.2 Å². The predicted octanol–water partition coefficient (Wildman–Crippen LogP) is 3.55. The largest absolute Gasteiger partial charge is 0.319 e. The summed E-state index contributed by atoms with van der Waals surface area (Å²) in [6.45, 7) is 6.07. The zero-order valence-electron chi connectivity index (χ0n) is 13.5. The van der Waals surface area contributed by atoms with Gasteiger partial charge in [-0.2, -0.15) is 0 Å². The summed E-state index contributed by atoms with van der Waals surface area (Å²) < 4.78 is 0. The van der Waals surface area contributed by atoms with Gasteiger partial charge < -0.3 is 5.32 Å². The van der Waals surface area contributed by atoms with Crippen LogP contribution in [0.1, 0.15) is 62.4 Å². The zero-order chi connectivity index (χ0) is 14.7. The molecule has 4 aliphatic rings. The molecule has 0 spiro atoms. The van der Waals surface area contributed by atoms with Gasteiger partial charge in [-0.3, -0.25) is 0 Å². The Hall–Kier alpha value is -0.480. The highest BCUT2D eigenvalue weighted by Crippen LogP contribution is 2.69. The van der Waals surface area contributed by atoms with Crippen LogP contribution < -0.4 is 5.32 Å². The van der Waals surface area contributed by atoms with Crippen LogP contribution in [-0.4, -0.2) is 23.8 Å². The molecule has 0 amide bonds. The van der Waals surface area contributed by atoms with E-state index in [0.29, 0.717) is 16.2 Å². The molecule has 0 radical (unpaired) electrons. The lowest BCUT2D eigenvalue weighted by Gasteiger charge is -2.64. The maximum absolute atomic E-state index is 4.66. The molecule has 4 heteroatoms. The van der Waals surface area contributed by atoms with E-state index >= 15 is 0 Å². The van der Waals surface area contributed by atoms with Crippen LogP contribution in [0.3, 0.4) is 0 Å². The number of likely N-dealkylation sites (N-methyl/N-ethyl adjacent to an activating group) is 1. The average Bonchev–Trinajstić information content (AvgIpc) is 2.81. The molecule has 2 atom stereocenters. The predicted molar refractivity (Wildman–Crippen MR) is 86.6 cm³/mol. The van der Waals surface area contributed by atoms with Crippen molar-refractivity contribution in [3.63, 3.8) is 0 Å². The third kappa shape index (κ3) is 2.26. The van der Waals surface area contributed by atoms with E-state index in [0.717, 1.165) is 18.9 Å². The molecule has 3 nitrogen and oxygen atoms in total. The van der Waals surface area contributed by atoms with Crippen molar-refractivity contribution < 1.29 is 0 Å². The van der Waals surface area contributed by atoms with Gasteiger partial charge in [-0.05, 0) is 62.3 Å². The van der Waals surface area contributed by atoms with Gasteiger partial charge in [0.25, 0.3) is 0 Å². The lowest BCUT2D eigenvalue weighted by Crippen LogP contribution is -2.56. The molecule has 1 heterocycles. The van der Waals surface area contributed by atoms with Gasteiger partial charge in [-0.25, -0.2) is 0 Å². The number of nitrogens with zero attached hydrogens (tertiary/aromatic N) is 2. The topological polar surface area (TPSA) is 37.8 Å². The fraction of sp³-hybridized carbons (Fsp3) is 0.882. The Kier molecular flexibility index (Phi) is 3.04. The monoisotopic (exact) mass is 305 g/mol. The molecule has 1 N–H and O–H groups in total. The maximum Gasteiger partial charge on any atom is 0.123 e. The van der Waals surface area contributed by atoms with Crippen LogP contribution in [0.2, 0.25) is 0 Å². The summed E-state index contributed by atoms with van der Waals surface area (Å²) in [5.74, 6) is 0.931. The number of nitrogens with one attached hydrogen (secondary N) is 1. The molecule has 0 aromatic carbocycles. The molecule has 4 aliphatic carbocycles. The Balaban J connectivity index is 1.66. The van der Waals surface area contributed by atoms with Gasteiger partial charge in [-0.1, -0.05) is 13.8 Å². The summed E-state index contributed by atoms with van der Waals surface area (Å²) in [5.41, 5.74) is 1.48. The van der Waals surface area contributed by atoms with Crippen LogP contribution in [0.15, 0.2) is 0 Å². The van der Waals surface area contributed by atoms with Crippen molar-refractivity contribution in [2.24, 2.45) is 16.7 Å². The first-order valence-electron chi connectivity index (χ1n) is 8.42. The van der Waals surface area contributed by atoms with Crippen LogP contribution in [0, 0.1) is 16.7 Å². The van der Waals surface area contributed by atoms with Gasteiger partial charge in [0, 0.05) is 18.4 Å². The van der Waals surface area contributed by atoms with Crippen LogP contribution in [-0.2, 0) is 11.8 Å². The van der Waals surface area contributed by atoms with Crippen LogP contribution in [0.5, 0.6) is 0 Å². The first kappa shape index (κ1) is 14.1. The molecule has 1 aromatic heterocycles. The van der Waals surface area contributed by atoms with Gasteiger partial charge in [0.1, 0.15) is 10.0 Å². The van der Waals surface area contributed by atoms with Crippen LogP contribution >= 0.6 is 11.3 Å². The normalized spacial score (nSPS) is 44.4. The van der Waals surface area contributed by atoms with Gasteiger partial charge in [-0.15, -0.1) is 21.5 Å².